The van der Waals surface area contributed by atoms with Crippen molar-refractivity contribution in [3.63, 3.8) is 0 Å². The molecule has 3 N–H and O–H groups in total. The molecule has 8 nitrogen and oxygen atoms in total. The van der Waals surface area contributed by atoms with Crippen LogP contribution < -0.4 is 15.8 Å². The Kier molecular flexibility index (Phi) is 8.53. The van der Waals surface area contributed by atoms with E-state index in [0.29, 0.717) is 39.2 Å². The lowest BCUT2D eigenvalue weighted by molar-refractivity contribution is -0.189. The molecule has 184 valence electrons. The van der Waals surface area contributed by atoms with E-state index < -0.39 is 18.6 Å². The van der Waals surface area contributed by atoms with Crippen LogP contribution in [0.2, 0.25) is 0 Å². The van der Waals surface area contributed by atoms with Crippen molar-refractivity contribution in [2.75, 3.05) is 26.4 Å². The van der Waals surface area contributed by atoms with E-state index in [0.717, 1.165) is 22.1 Å². The van der Waals surface area contributed by atoms with Crippen molar-refractivity contribution in [1.29, 1.82) is 0 Å². The van der Waals surface area contributed by atoms with E-state index in [1.54, 1.807) is 0 Å². The number of hydrogen-bond donors (Lipinski definition) is 2. The maximum atomic E-state index is 11.4. The quantitative estimate of drug-likeness (QED) is 0.428. The molecule has 0 atom stereocenters. The number of rotatable bonds is 10. The van der Waals surface area contributed by atoms with Gasteiger partial charge >= 0.3 is 6.09 Å². The van der Waals surface area contributed by atoms with Crippen molar-refractivity contribution in [3.8, 4) is 5.75 Å². The zero-order valence-electron chi connectivity index (χ0n) is 19.5. The zero-order chi connectivity index (χ0) is 24.5. The van der Waals surface area contributed by atoms with Gasteiger partial charge in [0.15, 0.2) is 12.9 Å². The molecule has 0 aromatic heterocycles. The number of amides is 2. The van der Waals surface area contributed by atoms with Gasteiger partial charge in [0.05, 0.1) is 13.2 Å². The molecular weight excluding hydrogens is 448 g/mol. The van der Waals surface area contributed by atoms with E-state index in [-0.39, 0.29) is 12.2 Å². The molecule has 0 bridgehead atoms. The first-order chi connectivity index (χ1) is 17.1. The molecule has 1 fully saturated rings. The summed E-state index contributed by atoms with van der Waals surface area (Å²) in [6.07, 6.45) is 0.309. The molecule has 0 aliphatic carbocycles. The molecule has 8 heteroatoms. The second kappa shape index (κ2) is 12.2. The van der Waals surface area contributed by atoms with E-state index >= 15 is 0 Å². The van der Waals surface area contributed by atoms with Gasteiger partial charge in [0.1, 0.15) is 12.4 Å². The molecule has 1 heterocycles. The summed E-state index contributed by atoms with van der Waals surface area (Å²) in [5.74, 6) is 0.275. The summed E-state index contributed by atoms with van der Waals surface area (Å²) in [6, 6.07) is 22.5. The fourth-order valence-electron chi connectivity index (χ4n) is 4.01. The summed E-state index contributed by atoms with van der Waals surface area (Å²) in [5, 5.41) is 4.84. The number of alkyl carbamates (subject to hydrolysis) is 1. The Morgan fingerprint density at radius 1 is 1.00 bits per heavy atom. The van der Waals surface area contributed by atoms with Crippen LogP contribution in [0.15, 0.2) is 66.7 Å². The lowest BCUT2D eigenvalue weighted by Crippen LogP contribution is -2.33. The molecule has 0 radical (unpaired) electrons. The number of carbonyl (C=O) groups excluding carboxylic acids is 2. The van der Waals surface area contributed by atoms with Crippen molar-refractivity contribution in [3.05, 3.63) is 77.9 Å². The minimum Gasteiger partial charge on any atom is -0.489 e. The molecule has 2 amide bonds. The Balaban J connectivity index is 1.25. The van der Waals surface area contributed by atoms with Gasteiger partial charge in [-0.15, -0.1) is 0 Å². The number of benzene rings is 3. The minimum atomic E-state index is -0.693. The largest absolute Gasteiger partial charge is 0.489 e. The summed E-state index contributed by atoms with van der Waals surface area (Å²) in [5.41, 5.74) is 7.25. The van der Waals surface area contributed by atoms with Gasteiger partial charge in [0.2, 0.25) is 0 Å². The third kappa shape index (κ3) is 7.18. The summed E-state index contributed by atoms with van der Waals surface area (Å²) in [4.78, 5) is 22.0. The standard InChI is InChI=1S/C27H30N2O6/c28-25(30)18-35-27(31)29-13-5-10-26-33-16-21(17-34-26)23-9-4-8-20-14-22(11-12-24(20)23)32-15-19-6-2-1-3-7-19/h1-4,6-9,11-12,14,21,26H,5,10,13,15-18H2,(H2,28,30)(H,29,31). The first-order valence-corrected chi connectivity index (χ1v) is 11.7. The van der Waals surface area contributed by atoms with Gasteiger partial charge in [-0.2, -0.15) is 0 Å². The Morgan fingerprint density at radius 2 is 1.80 bits per heavy atom. The number of fused-ring (bicyclic) bond motifs is 1. The summed E-state index contributed by atoms with van der Waals surface area (Å²) < 4.78 is 22.5. The Labute approximate surface area is 204 Å². The minimum absolute atomic E-state index is 0.132. The maximum Gasteiger partial charge on any atom is 0.407 e. The third-order valence-electron chi connectivity index (χ3n) is 5.77. The van der Waals surface area contributed by atoms with Gasteiger partial charge in [-0.3, -0.25) is 4.79 Å². The Hall–Kier alpha value is -3.62. The number of nitrogens with one attached hydrogen (secondary N) is 1. The van der Waals surface area contributed by atoms with Crippen LogP contribution in [0.4, 0.5) is 4.79 Å². The average Bonchev–Trinajstić information content (AvgIpc) is 2.89. The number of carbonyl (C=O) groups is 2. The van der Waals surface area contributed by atoms with Crippen molar-refractivity contribution < 1.29 is 28.5 Å². The van der Waals surface area contributed by atoms with Gasteiger partial charge in [-0.1, -0.05) is 54.6 Å². The van der Waals surface area contributed by atoms with E-state index in [9.17, 15) is 9.59 Å². The van der Waals surface area contributed by atoms with Crippen LogP contribution >= 0.6 is 0 Å². The van der Waals surface area contributed by atoms with Crippen LogP contribution in [0.5, 0.6) is 5.75 Å². The first-order valence-electron chi connectivity index (χ1n) is 11.7. The third-order valence-corrected chi connectivity index (χ3v) is 5.77. The second-order valence-corrected chi connectivity index (χ2v) is 8.41. The summed E-state index contributed by atoms with van der Waals surface area (Å²) in [7, 11) is 0. The Bertz CT molecular complexity index is 1130. The smallest absolute Gasteiger partial charge is 0.407 e. The fraction of sp³-hybridized carbons (Fsp3) is 0.333. The summed E-state index contributed by atoms with van der Waals surface area (Å²) in [6.45, 7) is 1.61. The van der Waals surface area contributed by atoms with E-state index in [4.69, 9.17) is 19.9 Å². The molecule has 0 unspecified atom stereocenters. The van der Waals surface area contributed by atoms with Crippen LogP contribution in [0.3, 0.4) is 0 Å². The van der Waals surface area contributed by atoms with Crippen molar-refractivity contribution in [2.45, 2.75) is 31.7 Å². The molecule has 3 aromatic rings. The van der Waals surface area contributed by atoms with Gasteiger partial charge in [0, 0.05) is 18.9 Å². The normalized spacial score (nSPS) is 17.6. The molecule has 35 heavy (non-hydrogen) atoms. The molecule has 0 spiro atoms. The van der Waals surface area contributed by atoms with E-state index in [1.165, 1.54) is 5.56 Å². The van der Waals surface area contributed by atoms with Crippen LogP contribution in [0, 0.1) is 0 Å². The fourth-order valence-corrected chi connectivity index (χ4v) is 4.01. The van der Waals surface area contributed by atoms with Crippen LogP contribution in [-0.2, 0) is 25.6 Å². The van der Waals surface area contributed by atoms with Gasteiger partial charge < -0.3 is 30.0 Å². The number of primary amides is 1. The lowest BCUT2D eigenvalue weighted by atomic mass is 9.94. The van der Waals surface area contributed by atoms with Crippen LogP contribution in [0.25, 0.3) is 10.8 Å². The highest BCUT2D eigenvalue weighted by molar-refractivity contribution is 5.87. The SMILES string of the molecule is NC(=O)COC(=O)NCCCC1OCC(c2cccc3cc(OCc4ccccc4)ccc23)CO1. The number of ether oxygens (including phenoxy) is 4. The topological polar surface area (TPSA) is 109 Å². The number of nitrogens with two attached hydrogens (primary N) is 1. The molecule has 1 saturated heterocycles. The molecular formula is C27H30N2O6. The molecule has 0 saturated carbocycles. The summed E-state index contributed by atoms with van der Waals surface area (Å²) >= 11 is 0. The predicted octanol–water partition coefficient (Wildman–Crippen LogP) is 3.87. The van der Waals surface area contributed by atoms with Crippen molar-refractivity contribution in [2.24, 2.45) is 5.73 Å². The van der Waals surface area contributed by atoms with E-state index in [2.05, 4.69) is 34.3 Å². The highest BCUT2D eigenvalue weighted by atomic mass is 16.7. The molecule has 3 aromatic carbocycles. The predicted molar refractivity (Wildman–Crippen MR) is 131 cm³/mol. The van der Waals surface area contributed by atoms with Crippen LogP contribution in [-0.4, -0.2) is 44.7 Å². The highest BCUT2D eigenvalue weighted by Gasteiger charge is 2.24. The van der Waals surface area contributed by atoms with Gasteiger partial charge in [-0.05, 0) is 40.5 Å². The zero-order valence-corrected chi connectivity index (χ0v) is 19.5. The number of hydrogen-bond acceptors (Lipinski definition) is 6. The van der Waals surface area contributed by atoms with Gasteiger partial charge in [0.25, 0.3) is 5.91 Å². The van der Waals surface area contributed by atoms with Crippen molar-refractivity contribution >= 4 is 22.8 Å². The monoisotopic (exact) mass is 478 g/mol. The van der Waals surface area contributed by atoms with Crippen molar-refractivity contribution in [1.82, 2.24) is 5.32 Å². The molecule has 1 aliphatic rings. The second-order valence-electron chi connectivity index (χ2n) is 8.41. The van der Waals surface area contributed by atoms with E-state index in [1.807, 2.05) is 42.5 Å². The lowest BCUT2D eigenvalue weighted by Gasteiger charge is -2.30. The van der Waals surface area contributed by atoms with Crippen LogP contribution in [0.1, 0.15) is 29.9 Å². The average molecular weight is 479 g/mol. The molecule has 1 aliphatic heterocycles. The van der Waals surface area contributed by atoms with Gasteiger partial charge in [-0.25, -0.2) is 4.79 Å². The highest BCUT2D eigenvalue weighted by Crippen LogP contribution is 2.31. The Morgan fingerprint density at radius 3 is 2.57 bits per heavy atom. The molecule has 4 rings (SSSR count). The maximum absolute atomic E-state index is 11.4. The first kappa shape index (κ1) is 24.5.